The van der Waals surface area contributed by atoms with E-state index in [0.29, 0.717) is 24.5 Å². The number of benzene rings is 1. The average Bonchev–Trinajstić information content (AvgIpc) is 3.37. The van der Waals surface area contributed by atoms with Crippen LogP contribution in [0, 0.1) is 11.7 Å². The van der Waals surface area contributed by atoms with Crippen molar-refractivity contribution in [2.45, 2.75) is 33.1 Å². The maximum atomic E-state index is 14.7. The lowest BCUT2D eigenvalue weighted by Gasteiger charge is -2.27. The zero-order valence-electron chi connectivity index (χ0n) is 21.3. The van der Waals surface area contributed by atoms with Gasteiger partial charge in [0.2, 0.25) is 11.7 Å². The number of carbonyl (C=O) groups is 2. The zero-order chi connectivity index (χ0) is 26.4. The van der Waals surface area contributed by atoms with Crippen molar-refractivity contribution in [2.75, 3.05) is 26.8 Å². The van der Waals surface area contributed by atoms with Crippen LogP contribution in [0.15, 0.2) is 63.7 Å². The van der Waals surface area contributed by atoms with Crippen molar-refractivity contribution in [3.63, 3.8) is 0 Å². The van der Waals surface area contributed by atoms with Gasteiger partial charge in [-0.25, -0.2) is 4.39 Å². The molecule has 1 aromatic heterocycles. The summed E-state index contributed by atoms with van der Waals surface area (Å²) in [4.78, 5) is 27.7. The number of hydrogen-bond acceptors (Lipinski definition) is 6. The van der Waals surface area contributed by atoms with E-state index in [4.69, 9.17) is 9.26 Å². The van der Waals surface area contributed by atoms with Gasteiger partial charge >= 0.3 is 0 Å². The number of aromatic nitrogens is 2. The molecule has 0 aliphatic heterocycles. The van der Waals surface area contributed by atoms with Crippen LogP contribution in [0.5, 0.6) is 0 Å². The minimum Gasteiger partial charge on any atom is -0.384 e. The second-order valence-electron chi connectivity index (χ2n) is 9.13. The fourth-order valence-electron chi connectivity index (χ4n) is 4.60. The quantitative estimate of drug-likeness (QED) is 0.489. The van der Waals surface area contributed by atoms with Gasteiger partial charge < -0.3 is 19.9 Å². The first-order chi connectivity index (χ1) is 17.9. The molecular formula is C28H31FN4O4. The fraction of sp³-hybridized carbons (Fsp3) is 0.357. The molecule has 8 nitrogen and oxygen atoms in total. The highest BCUT2D eigenvalue weighted by atomic mass is 19.1. The molecule has 0 saturated heterocycles. The predicted molar refractivity (Wildman–Crippen MR) is 138 cm³/mol. The van der Waals surface area contributed by atoms with E-state index in [1.54, 1.807) is 13.2 Å². The summed E-state index contributed by atoms with van der Waals surface area (Å²) in [6, 6.07) is 4.17. The molecule has 194 valence electrons. The van der Waals surface area contributed by atoms with Crippen molar-refractivity contribution in [1.82, 2.24) is 20.8 Å². The summed E-state index contributed by atoms with van der Waals surface area (Å²) in [5.74, 6) is -0.690. The van der Waals surface area contributed by atoms with Crippen molar-refractivity contribution >= 4 is 17.4 Å². The fourth-order valence-corrected chi connectivity index (χ4v) is 4.60. The summed E-state index contributed by atoms with van der Waals surface area (Å²) in [6.07, 6.45) is 11.2. The Labute approximate surface area is 215 Å². The molecule has 9 heteroatoms. The Kier molecular flexibility index (Phi) is 8.45. The standard InChI is InChI=1S/C28H31FN4O4/c1-17-6-4-5-7-22(17)23-10-9-20(14-21(23)16-36-3)28-32-26(33-37-28)19-8-11-24(25(29)15-19)27(35)31-13-12-30-18(2)34/h4,6,8-11,15,21H,5,7,12-14,16H2,1-3H3,(H,30,34)(H,31,35). The lowest BCUT2D eigenvalue weighted by molar-refractivity contribution is -0.118. The highest BCUT2D eigenvalue weighted by molar-refractivity contribution is 5.95. The zero-order valence-corrected chi connectivity index (χ0v) is 21.3. The minimum atomic E-state index is -0.698. The van der Waals surface area contributed by atoms with E-state index in [1.165, 1.54) is 35.8 Å². The van der Waals surface area contributed by atoms with Crippen LogP contribution in [0.3, 0.4) is 0 Å². The van der Waals surface area contributed by atoms with Gasteiger partial charge in [-0.2, -0.15) is 4.98 Å². The molecule has 2 N–H and O–H groups in total. The molecule has 1 unspecified atom stereocenters. The number of amides is 2. The molecule has 1 aromatic carbocycles. The van der Waals surface area contributed by atoms with Crippen molar-refractivity contribution in [3.05, 3.63) is 76.5 Å². The number of carbonyl (C=O) groups excluding carboxylic acids is 2. The average molecular weight is 507 g/mol. The summed E-state index contributed by atoms with van der Waals surface area (Å²) in [6.45, 7) is 4.55. The van der Waals surface area contributed by atoms with Crippen molar-refractivity contribution in [2.24, 2.45) is 5.92 Å². The first kappa shape index (κ1) is 26.2. The second kappa shape index (κ2) is 11.9. The van der Waals surface area contributed by atoms with Crippen molar-refractivity contribution in [3.8, 4) is 11.4 Å². The molecule has 2 aromatic rings. The van der Waals surface area contributed by atoms with Crippen molar-refractivity contribution < 1.29 is 23.2 Å². The summed E-state index contributed by atoms with van der Waals surface area (Å²) in [5.41, 5.74) is 5.11. The van der Waals surface area contributed by atoms with Gasteiger partial charge in [0.15, 0.2) is 0 Å². The van der Waals surface area contributed by atoms with Gasteiger partial charge in [-0.1, -0.05) is 35.5 Å². The van der Waals surface area contributed by atoms with Crippen LogP contribution in [0.1, 0.15) is 49.4 Å². The highest BCUT2D eigenvalue weighted by Crippen LogP contribution is 2.38. The van der Waals surface area contributed by atoms with Crippen LogP contribution in [0.25, 0.3) is 17.0 Å². The lowest BCUT2D eigenvalue weighted by atomic mass is 9.79. The number of ether oxygens (including phenoxy) is 1. The van der Waals surface area contributed by atoms with Gasteiger partial charge in [-0.3, -0.25) is 9.59 Å². The predicted octanol–water partition coefficient (Wildman–Crippen LogP) is 4.38. The van der Waals surface area contributed by atoms with E-state index in [-0.39, 0.29) is 36.3 Å². The number of nitrogens with zero attached hydrogens (tertiary/aromatic N) is 2. The maximum absolute atomic E-state index is 14.7. The van der Waals surface area contributed by atoms with Crippen LogP contribution in [-0.4, -0.2) is 48.8 Å². The van der Waals surface area contributed by atoms with E-state index >= 15 is 0 Å². The second-order valence-corrected chi connectivity index (χ2v) is 9.13. The third-order valence-electron chi connectivity index (χ3n) is 6.45. The number of methoxy groups -OCH3 is 1. The number of nitrogens with one attached hydrogen (secondary N) is 2. The molecule has 37 heavy (non-hydrogen) atoms. The van der Waals surface area contributed by atoms with E-state index in [2.05, 4.69) is 45.9 Å². The molecule has 0 bridgehead atoms. The largest absolute Gasteiger partial charge is 0.384 e. The van der Waals surface area contributed by atoms with E-state index in [0.717, 1.165) is 18.4 Å². The highest BCUT2D eigenvalue weighted by Gasteiger charge is 2.26. The summed E-state index contributed by atoms with van der Waals surface area (Å²) in [5, 5.41) is 9.18. The Morgan fingerprint density at radius 2 is 2.03 bits per heavy atom. The van der Waals surface area contributed by atoms with Gasteiger partial charge in [-0.15, -0.1) is 0 Å². The smallest absolute Gasteiger partial charge is 0.254 e. The summed E-state index contributed by atoms with van der Waals surface area (Å²) < 4.78 is 25.8. The summed E-state index contributed by atoms with van der Waals surface area (Å²) in [7, 11) is 1.70. The molecule has 1 heterocycles. The molecule has 2 aliphatic rings. The Balaban J connectivity index is 1.50. The molecule has 2 aliphatic carbocycles. The normalized spacial score (nSPS) is 17.4. The van der Waals surface area contributed by atoms with Gasteiger partial charge in [0.25, 0.3) is 11.8 Å². The topological polar surface area (TPSA) is 106 Å². The third-order valence-corrected chi connectivity index (χ3v) is 6.45. The van der Waals surface area contributed by atoms with Gasteiger partial charge in [0.1, 0.15) is 5.82 Å². The molecule has 1 atom stereocenters. The van der Waals surface area contributed by atoms with E-state index in [1.807, 2.05) is 6.08 Å². The van der Waals surface area contributed by atoms with Crippen molar-refractivity contribution in [1.29, 1.82) is 0 Å². The summed E-state index contributed by atoms with van der Waals surface area (Å²) >= 11 is 0. The molecular weight excluding hydrogens is 475 g/mol. The number of allylic oxidation sites excluding steroid dienone is 7. The van der Waals surface area contributed by atoms with Crippen LogP contribution < -0.4 is 10.6 Å². The Morgan fingerprint density at radius 1 is 1.22 bits per heavy atom. The van der Waals surface area contributed by atoms with Crippen LogP contribution in [-0.2, 0) is 9.53 Å². The Morgan fingerprint density at radius 3 is 2.76 bits per heavy atom. The number of halogens is 1. The SMILES string of the molecule is COCC1CC(c2nc(-c3ccc(C(=O)NCCNC(C)=O)c(F)c3)no2)=CC=C1C1=C(C)C=CCC1. The van der Waals surface area contributed by atoms with E-state index in [9.17, 15) is 14.0 Å². The van der Waals surface area contributed by atoms with Gasteiger partial charge in [-0.05, 0) is 55.0 Å². The molecule has 4 rings (SSSR count). The van der Waals surface area contributed by atoms with Gasteiger partial charge in [0, 0.05) is 44.2 Å². The molecule has 0 radical (unpaired) electrons. The Bertz CT molecular complexity index is 1310. The first-order valence-corrected chi connectivity index (χ1v) is 12.3. The van der Waals surface area contributed by atoms with Crippen LogP contribution >= 0.6 is 0 Å². The molecule has 0 saturated carbocycles. The maximum Gasteiger partial charge on any atom is 0.254 e. The third kappa shape index (κ3) is 6.29. The van der Waals surface area contributed by atoms with Gasteiger partial charge in [0.05, 0.1) is 12.2 Å². The minimum absolute atomic E-state index is 0.104. The van der Waals surface area contributed by atoms with E-state index < -0.39 is 11.7 Å². The number of rotatable bonds is 9. The molecule has 0 spiro atoms. The Hall–Kier alpha value is -3.85. The molecule has 0 fully saturated rings. The molecule has 2 amide bonds. The monoisotopic (exact) mass is 506 g/mol. The van der Waals surface area contributed by atoms with Crippen LogP contribution in [0.4, 0.5) is 4.39 Å². The number of hydrogen-bond donors (Lipinski definition) is 2. The van der Waals surface area contributed by atoms with Crippen LogP contribution in [0.2, 0.25) is 0 Å². The lowest BCUT2D eigenvalue weighted by Crippen LogP contribution is -2.34. The first-order valence-electron chi connectivity index (χ1n) is 12.3.